The maximum absolute atomic E-state index is 12.0. The number of hydrogen-bond acceptors (Lipinski definition) is 4. The lowest BCUT2D eigenvalue weighted by atomic mass is 9.95. The minimum absolute atomic E-state index is 0.0208. The number of nitrogens with one attached hydrogen (secondary N) is 1. The molecule has 0 radical (unpaired) electrons. The highest BCUT2D eigenvalue weighted by molar-refractivity contribution is 5.98. The summed E-state index contributed by atoms with van der Waals surface area (Å²) in [6.45, 7) is 0. The van der Waals surface area contributed by atoms with Gasteiger partial charge < -0.3 is 0 Å². The Morgan fingerprint density at radius 2 is 2.14 bits per heavy atom. The van der Waals surface area contributed by atoms with Crippen LogP contribution < -0.4 is 5.43 Å². The second-order valence-corrected chi connectivity index (χ2v) is 5.44. The van der Waals surface area contributed by atoms with Crippen LogP contribution in [0.4, 0.5) is 5.69 Å². The van der Waals surface area contributed by atoms with Crippen LogP contribution in [0, 0.1) is 27.9 Å². The first-order valence-corrected chi connectivity index (χ1v) is 6.90. The normalized spacial score (nSPS) is 26.4. The Kier molecular flexibility index (Phi) is 3.51. The van der Waals surface area contributed by atoms with Crippen LogP contribution in [0.5, 0.6) is 0 Å². The van der Waals surface area contributed by atoms with Gasteiger partial charge in [0.15, 0.2) is 0 Å². The fourth-order valence-electron chi connectivity index (χ4n) is 3.07. The average molecular weight is 285 g/mol. The number of nitro benzene ring substituents is 1. The van der Waals surface area contributed by atoms with E-state index in [9.17, 15) is 14.9 Å². The van der Waals surface area contributed by atoms with E-state index in [0.717, 1.165) is 12.8 Å². The molecule has 3 rings (SSSR count). The van der Waals surface area contributed by atoms with Crippen molar-refractivity contribution >= 4 is 17.8 Å². The molecular formula is C15H15N3O3. The molecular weight excluding hydrogens is 270 g/mol. The molecule has 0 unspecified atom stereocenters. The lowest BCUT2D eigenvalue weighted by molar-refractivity contribution is -0.385. The van der Waals surface area contributed by atoms with Crippen molar-refractivity contribution in [2.24, 2.45) is 22.9 Å². The molecule has 0 aliphatic heterocycles. The third kappa shape index (κ3) is 2.69. The van der Waals surface area contributed by atoms with Gasteiger partial charge in [0.1, 0.15) is 5.56 Å². The summed E-state index contributed by atoms with van der Waals surface area (Å²) < 4.78 is 0. The molecule has 3 atom stereocenters. The van der Waals surface area contributed by atoms with Crippen LogP contribution in [0.3, 0.4) is 0 Å². The predicted molar refractivity (Wildman–Crippen MR) is 77.9 cm³/mol. The van der Waals surface area contributed by atoms with Gasteiger partial charge in [0.2, 0.25) is 0 Å². The average Bonchev–Trinajstić information content (AvgIpc) is 3.09. The lowest BCUT2D eigenvalue weighted by Gasteiger charge is -2.11. The monoisotopic (exact) mass is 285 g/mol. The van der Waals surface area contributed by atoms with Crippen molar-refractivity contribution in [2.75, 3.05) is 0 Å². The summed E-state index contributed by atoms with van der Waals surface area (Å²) >= 11 is 0. The van der Waals surface area contributed by atoms with E-state index >= 15 is 0 Å². The molecule has 0 heterocycles. The SMILES string of the molecule is O=C(N/N=C\[C@H]1C[C@H]2C=C[C@@H]1C2)c1ccccc1[N+](=O)[O-]. The molecule has 1 fully saturated rings. The lowest BCUT2D eigenvalue weighted by Crippen LogP contribution is -2.20. The summed E-state index contributed by atoms with van der Waals surface area (Å²) in [6, 6.07) is 5.84. The molecule has 6 nitrogen and oxygen atoms in total. The van der Waals surface area contributed by atoms with Crippen LogP contribution in [-0.2, 0) is 0 Å². The highest BCUT2D eigenvalue weighted by atomic mass is 16.6. The molecule has 21 heavy (non-hydrogen) atoms. The fourth-order valence-corrected chi connectivity index (χ4v) is 3.07. The topological polar surface area (TPSA) is 84.6 Å². The molecule has 2 aliphatic rings. The smallest absolute Gasteiger partial charge is 0.267 e. The molecule has 1 saturated carbocycles. The Balaban J connectivity index is 1.65. The van der Waals surface area contributed by atoms with Crippen molar-refractivity contribution in [3.8, 4) is 0 Å². The zero-order chi connectivity index (χ0) is 14.8. The third-order valence-electron chi connectivity index (χ3n) is 4.11. The van der Waals surface area contributed by atoms with E-state index in [-0.39, 0.29) is 11.3 Å². The first-order chi connectivity index (χ1) is 10.1. The molecule has 1 amide bonds. The number of carbonyl (C=O) groups is 1. The summed E-state index contributed by atoms with van der Waals surface area (Å²) in [5.41, 5.74) is 2.19. The summed E-state index contributed by atoms with van der Waals surface area (Å²) in [6.07, 6.45) is 8.41. The molecule has 0 saturated heterocycles. The van der Waals surface area contributed by atoms with Crippen LogP contribution in [0.15, 0.2) is 41.5 Å². The number of hydrazone groups is 1. The van der Waals surface area contributed by atoms with Crippen molar-refractivity contribution in [1.29, 1.82) is 0 Å². The zero-order valence-electron chi connectivity index (χ0n) is 11.3. The van der Waals surface area contributed by atoms with Crippen LogP contribution in [-0.4, -0.2) is 17.0 Å². The number of hydrogen-bond donors (Lipinski definition) is 1. The van der Waals surface area contributed by atoms with Gasteiger partial charge in [-0.3, -0.25) is 14.9 Å². The molecule has 1 aromatic rings. The molecule has 1 aromatic carbocycles. The van der Waals surface area contributed by atoms with Gasteiger partial charge >= 0.3 is 0 Å². The molecule has 6 heteroatoms. The van der Waals surface area contributed by atoms with Crippen molar-refractivity contribution in [3.05, 3.63) is 52.1 Å². The van der Waals surface area contributed by atoms with Crippen LogP contribution in [0.25, 0.3) is 0 Å². The van der Waals surface area contributed by atoms with E-state index in [1.165, 1.54) is 18.2 Å². The quantitative estimate of drug-likeness (QED) is 0.399. The second kappa shape index (κ2) is 5.47. The van der Waals surface area contributed by atoms with Gasteiger partial charge in [-0.25, -0.2) is 5.43 Å². The predicted octanol–water partition coefficient (Wildman–Crippen LogP) is 2.52. The fraction of sp³-hybridized carbons (Fsp3) is 0.333. The van der Waals surface area contributed by atoms with Gasteiger partial charge in [-0.05, 0) is 30.7 Å². The Morgan fingerprint density at radius 3 is 2.81 bits per heavy atom. The maximum Gasteiger partial charge on any atom is 0.282 e. The standard InChI is InChI=1S/C15H15N3O3/c19-15(13-3-1-2-4-14(13)18(20)21)17-16-9-12-8-10-5-6-11(12)7-10/h1-6,9-12H,7-8H2,(H,17,19)/b16-9-/t10-,11+,12+/m0/s1. The Bertz CT molecular complexity index is 639. The van der Waals surface area contributed by atoms with E-state index < -0.39 is 10.8 Å². The van der Waals surface area contributed by atoms with E-state index in [1.807, 2.05) is 0 Å². The van der Waals surface area contributed by atoms with Crippen molar-refractivity contribution in [3.63, 3.8) is 0 Å². The van der Waals surface area contributed by atoms with Gasteiger partial charge in [0.05, 0.1) is 4.92 Å². The largest absolute Gasteiger partial charge is 0.282 e. The Hall–Kier alpha value is -2.50. The van der Waals surface area contributed by atoms with E-state index in [0.29, 0.717) is 17.8 Å². The molecule has 0 aromatic heterocycles. The second-order valence-electron chi connectivity index (χ2n) is 5.44. The number of nitrogens with zero attached hydrogens (tertiary/aromatic N) is 2. The number of carbonyl (C=O) groups excluding carboxylic acids is 1. The Morgan fingerprint density at radius 1 is 1.33 bits per heavy atom. The number of fused-ring (bicyclic) bond motifs is 2. The number of allylic oxidation sites excluding steroid dienone is 2. The van der Waals surface area contributed by atoms with Crippen LogP contribution in [0.1, 0.15) is 23.2 Å². The van der Waals surface area contributed by atoms with Gasteiger partial charge in [-0.15, -0.1) is 0 Å². The molecule has 2 bridgehead atoms. The summed E-state index contributed by atoms with van der Waals surface area (Å²) in [7, 11) is 0. The van der Waals surface area contributed by atoms with Crippen LogP contribution in [0.2, 0.25) is 0 Å². The molecule has 2 aliphatic carbocycles. The minimum atomic E-state index is -0.570. The first-order valence-electron chi connectivity index (χ1n) is 6.90. The minimum Gasteiger partial charge on any atom is -0.267 e. The summed E-state index contributed by atoms with van der Waals surface area (Å²) in [5.74, 6) is 0.947. The number of benzene rings is 1. The molecule has 1 N–H and O–H groups in total. The van der Waals surface area contributed by atoms with Gasteiger partial charge in [-0.1, -0.05) is 24.3 Å². The number of para-hydroxylation sites is 1. The van der Waals surface area contributed by atoms with Crippen molar-refractivity contribution in [1.82, 2.24) is 5.43 Å². The maximum atomic E-state index is 12.0. The Labute approximate surface area is 121 Å². The van der Waals surface area contributed by atoms with E-state index in [2.05, 4.69) is 22.7 Å². The molecule has 0 spiro atoms. The summed E-state index contributed by atoms with van der Waals surface area (Å²) in [4.78, 5) is 22.3. The van der Waals surface area contributed by atoms with Gasteiger partial charge in [-0.2, -0.15) is 5.10 Å². The number of nitro groups is 1. The summed E-state index contributed by atoms with van der Waals surface area (Å²) in [5, 5.41) is 14.8. The van der Waals surface area contributed by atoms with E-state index in [4.69, 9.17) is 0 Å². The third-order valence-corrected chi connectivity index (χ3v) is 4.11. The van der Waals surface area contributed by atoms with Crippen molar-refractivity contribution < 1.29 is 9.72 Å². The van der Waals surface area contributed by atoms with E-state index in [1.54, 1.807) is 12.3 Å². The zero-order valence-corrected chi connectivity index (χ0v) is 11.3. The highest BCUT2D eigenvalue weighted by Crippen LogP contribution is 2.42. The first kappa shape index (κ1) is 13.5. The number of rotatable bonds is 4. The number of amides is 1. The van der Waals surface area contributed by atoms with Crippen LogP contribution >= 0.6 is 0 Å². The van der Waals surface area contributed by atoms with Crippen molar-refractivity contribution in [2.45, 2.75) is 12.8 Å². The van der Waals surface area contributed by atoms with Gasteiger partial charge in [0, 0.05) is 18.2 Å². The highest BCUT2D eigenvalue weighted by Gasteiger charge is 2.34. The van der Waals surface area contributed by atoms with Gasteiger partial charge in [0.25, 0.3) is 11.6 Å². The molecule has 108 valence electrons.